The third-order valence-electron chi connectivity index (χ3n) is 5.49. The predicted octanol–water partition coefficient (Wildman–Crippen LogP) is 4.96. The van der Waals surface area contributed by atoms with Crippen molar-refractivity contribution in [2.75, 3.05) is 18.5 Å². The lowest BCUT2D eigenvalue weighted by molar-refractivity contribution is -0.115. The summed E-state index contributed by atoms with van der Waals surface area (Å²) in [5, 5.41) is 3.17. The molecule has 5 heteroatoms. The van der Waals surface area contributed by atoms with Crippen molar-refractivity contribution >= 4 is 22.4 Å². The van der Waals surface area contributed by atoms with Gasteiger partial charge in [0.2, 0.25) is 5.91 Å². The van der Waals surface area contributed by atoms with E-state index in [1.54, 1.807) is 0 Å². The van der Waals surface area contributed by atoms with Crippen LogP contribution in [0.2, 0.25) is 0 Å². The minimum atomic E-state index is -0.921. The Hall–Kier alpha value is -2.76. The van der Waals surface area contributed by atoms with Crippen LogP contribution in [0.5, 0.6) is 0 Å². The van der Waals surface area contributed by atoms with Crippen LogP contribution < -0.4 is 5.32 Å². The first-order valence-electron chi connectivity index (χ1n) is 10.7. The van der Waals surface area contributed by atoms with E-state index >= 15 is 0 Å². The van der Waals surface area contributed by atoms with Crippen molar-refractivity contribution < 1.29 is 13.7 Å². The van der Waals surface area contributed by atoms with Crippen molar-refractivity contribution in [3.63, 3.8) is 0 Å². The van der Waals surface area contributed by atoms with E-state index < -0.39 is 10.8 Å². The van der Waals surface area contributed by atoms with Gasteiger partial charge in [0.15, 0.2) is 0 Å². The zero-order chi connectivity index (χ0) is 21.5. The van der Waals surface area contributed by atoms with Crippen LogP contribution in [0, 0.1) is 0 Å². The third kappa shape index (κ3) is 6.12. The molecule has 1 unspecified atom stereocenters. The SMILES string of the molecule is O=C(Cc1ccc(-c2ccccc2)cc1)Nc1cccc(CS(=O)C2CCOCC2)c1. The van der Waals surface area contributed by atoms with Crippen LogP contribution >= 0.6 is 0 Å². The van der Waals surface area contributed by atoms with Crippen LogP contribution in [0.3, 0.4) is 0 Å². The fourth-order valence-corrected chi connectivity index (χ4v) is 5.26. The van der Waals surface area contributed by atoms with Crippen LogP contribution in [-0.4, -0.2) is 28.6 Å². The van der Waals surface area contributed by atoms with Crippen LogP contribution in [0.15, 0.2) is 78.9 Å². The molecule has 4 nitrogen and oxygen atoms in total. The number of benzene rings is 3. The maximum absolute atomic E-state index is 12.6. The van der Waals surface area contributed by atoms with Crippen LogP contribution in [0.1, 0.15) is 24.0 Å². The van der Waals surface area contributed by atoms with E-state index in [4.69, 9.17) is 4.74 Å². The average molecular weight is 434 g/mol. The predicted molar refractivity (Wildman–Crippen MR) is 126 cm³/mol. The fraction of sp³-hybridized carbons (Fsp3) is 0.269. The van der Waals surface area contributed by atoms with E-state index in [0.29, 0.717) is 25.4 Å². The summed E-state index contributed by atoms with van der Waals surface area (Å²) >= 11 is 0. The van der Waals surface area contributed by atoms with E-state index in [-0.39, 0.29) is 11.2 Å². The van der Waals surface area contributed by atoms with Gasteiger partial charge in [-0.05, 0) is 47.2 Å². The maximum atomic E-state index is 12.6. The minimum Gasteiger partial charge on any atom is -0.381 e. The Bertz CT molecular complexity index is 1030. The molecule has 0 spiro atoms. The van der Waals surface area contributed by atoms with Gasteiger partial charge in [-0.3, -0.25) is 9.00 Å². The highest BCUT2D eigenvalue weighted by Crippen LogP contribution is 2.21. The van der Waals surface area contributed by atoms with E-state index in [9.17, 15) is 9.00 Å². The average Bonchev–Trinajstić information content (AvgIpc) is 2.81. The normalized spacial score (nSPS) is 15.4. The first kappa shape index (κ1) is 21.5. The Morgan fingerprint density at radius 3 is 2.32 bits per heavy atom. The lowest BCUT2D eigenvalue weighted by Gasteiger charge is -2.21. The van der Waals surface area contributed by atoms with Gasteiger partial charge in [0.25, 0.3) is 0 Å². The van der Waals surface area contributed by atoms with Crippen molar-refractivity contribution in [3.05, 3.63) is 90.0 Å². The maximum Gasteiger partial charge on any atom is 0.228 e. The number of carbonyl (C=O) groups is 1. The summed E-state index contributed by atoms with van der Waals surface area (Å²) in [6, 6.07) is 25.9. The summed E-state index contributed by atoms with van der Waals surface area (Å²) in [7, 11) is -0.921. The van der Waals surface area contributed by atoms with Gasteiger partial charge in [-0.2, -0.15) is 0 Å². The lowest BCUT2D eigenvalue weighted by Crippen LogP contribution is -2.25. The monoisotopic (exact) mass is 433 g/mol. The highest BCUT2D eigenvalue weighted by molar-refractivity contribution is 7.84. The Morgan fingerprint density at radius 2 is 1.58 bits per heavy atom. The lowest BCUT2D eigenvalue weighted by atomic mass is 10.0. The number of hydrogen-bond donors (Lipinski definition) is 1. The molecule has 1 atom stereocenters. The largest absolute Gasteiger partial charge is 0.381 e. The molecule has 0 saturated carbocycles. The summed E-state index contributed by atoms with van der Waals surface area (Å²) in [6.07, 6.45) is 2.02. The van der Waals surface area contributed by atoms with E-state index in [1.807, 2.05) is 66.7 Å². The number of hydrogen-bond acceptors (Lipinski definition) is 3. The molecule has 3 aromatic rings. The molecule has 4 rings (SSSR count). The zero-order valence-electron chi connectivity index (χ0n) is 17.5. The van der Waals surface area contributed by atoms with Crippen LogP contribution in [0.25, 0.3) is 11.1 Å². The van der Waals surface area contributed by atoms with Gasteiger partial charge < -0.3 is 10.1 Å². The molecule has 0 radical (unpaired) electrons. The molecule has 0 bridgehead atoms. The number of ether oxygens (including phenoxy) is 1. The van der Waals surface area contributed by atoms with Gasteiger partial charge in [-0.1, -0.05) is 66.7 Å². The molecule has 1 amide bonds. The number of nitrogens with one attached hydrogen (secondary N) is 1. The van der Waals surface area contributed by atoms with E-state index in [2.05, 4.69) is 17.4 Å². The first-order valence-corrected chi connectivity index (χ1v) is 12.0. The molecule has 0 aromatic heterocycles. The highest BCUT2D eigenvalue weighted by atomic mass is 32.2. The molecular weight excluding hydrogens is 406 g/mol. The summed E-state index contributed by atoms with van der Waals surface area (Å²) in [5.74, 6) is 0.449. The van der Waals surface area contributed by atoms with Gasteiger partial charge in [0, 0.05) is 40.7 Å². The topological polar surface area (TPSA) is 55.4 Å². The van der Waals surface area contributed by atoms with Crippen molar-refractivity contribution in [1.29, 1.82) is 0 Å². The van der Waals surface area contributed by atoms with Gasteiger partial charge in [0.1, 0.15) is 0 Å². The molecule has 1 fully saturated rings. The quantitative estimate of drug-likeness (QED) is 0.573. The second-order valence-corrected chi connectivity index (χ2v) is 9.54. The Balaban J connectivity index is 1.33. The molecule has 3 aromatic carbocycles. The summed E-state index contributed by atoms with van der Waals surface area (Å²) in [5.41, 5.74) is 4.99. The van der Waals surface area contributed by atoms with Crippen molar-refractivity contribution in [3.8, 4) is 11.1 Å². The van der Waals surface area contributed by atoms with Crippen LogP contribution in [-0.2, 0) is 32.5 Å². The standard InChI is InChI=1S/C26H27NO3S/c28-26(18-20-9-11-23(12-10-20)22-6-2-1-3-7-22)27-24-8-4-5-21(17-24)19-31(29)25-13-15-30-16-14-25/h1-12,17,25H,13-16,18-19H2,(H,27,28). The number of anilines is 1. The number of carbonyl (C=O) groups excluding carboxylic acids is 1. The molecule has 1 N–H and O–H groups in total. The molecule has 0 aliphatic carbocycles. The van der Waals surface area contributed by atoms with Crippen molar-refractivity contribution in [2.45, 2.75) is 30.3 Å². The molecular formula is C26H27NO3S. The van der Waals surface area contributed by atoms with Gasteiger partial charge in [-0.15, -0.1) is 0 Å². The van der Waals surface area contributed by atoms with Crippen molar-refractivity contribution in [1.82, 2.24) is 0 Å². The zero-order valence-corrected chi connectivity index (χ0v) is 18.3. The summed E-state index contributed by atoms with van der Waals surface area (Å²) in [6.45, 7) is 1.39. The van der Waals surface area contributed by atoms with E-state index in [1.165, 1.54) is 0 Å². The second-order valence-electron chi connectivity index (χ2n) is 7.83. The summed E-state index contributed by atoms with van der Waals surface area (Å²) < 4.78 is 18.0. The Kier molecular flexibility index (Phi) is 7.28. The molecule has 1 heterocycles. The second kappa shape index (κ2) is 10.5. The molecule has 1 aliphatic heterocycles. The Morgan fingerprint density at radius 1 is 0.871 bits per heavy atom. The smallest absolute Gasteiger partial charge is 0.228 e. The summed E-state index contributed by atoms with van der Waals surface area (Å²) in [4.78, 5) is 12.5. The minimum absolute atomic E-state index is 0.0600. The Labute approximate surface area is 186 Å². The molecule has 160 valence electrons. The van der Waals surface area contributed by atoms with Crippen molar-refractivity contribution in [2.24, 2.45) is 0 Å². The molecule has 1 saturated heterocycles. The van der Waals surface area contributed by atoms with E-state index in [0.717, 1.165) is 40.8 Å². The van der Waals surface area contributed by atoms with Crippen LogP contribution in [0.4, 0.5) is 5.69 Å². The highest BCUT2D eigenvalue weighted by Gasteiger charge is 2.20. The van der Waals surface area contributed by atoms with Gasteiger partial charge >= 0.3 is 0 Å². The first-order chi connectivity index (χ1) is 15.2. The van der Waals surface area contributed by atoms with Gasteiger partial charge in [-0.25, -0.2) is 0 Å². The van der Waals surface area contributed by atoms with Gasteiger partial charge in [0.05, 0.1) is 6.42 Å². The molecule has 1 aliphatic rings. The fourth-order valence-electron chi connectivity index (χ4n) is 3.80. The number of amides is 1. The number of rotatable bonds is 7. The molecule has 31 heavy (non-hydrogen) atoms. The third-order valence-corrected chi connectivity index (χ3v) is 7.32.